The number of carbonyl (C=O) groups excluding carboxylic acids is 3. The molecule has 7 heteroatoms. The number of hydrogen-bond donors (Lipinski definition) is 0. The maximum atomic E-state index is 13.4. The van der Waals surface area contributed by atoms with Crippen molar-refractivity contribution in [2.24, 2.45) is 17.3 Å². The van der Waals surface area contributed by atoms with E-state index in [1.54, 1.807) is 4.90 Å². The van der Waals surface area contributed by atoms with E-state index >= 15 is 0 Å². The Morgan fingerprint density at radius 1 is 1.09 bits per heavy atom. The first kappa shape index (κ1) is 24.2. The quantitative estimate of drug-likeness (QED) is 0.634. The zero-order valence-electron chi connectivity index (χ0n) is 20.6. The van der Waals surface area contributed by atoms with Crippen molar-refractivity contribution in [3.8, 4) is 0 Å². The molecule has 0 saturated carbocycles. The third-order valence-electron chi connectivity index (χ3n) is 7.40. The number of hydrogen-bond acceptors (Lipinski definition) is 6. The Morgan fingerprint density at radius 3 is 2.47 bits per heavy atom. The Balaban J connectivity index is 1.51. The molecule has 1 unspecified atom stereocenters. The number of piperidine rings is 1. The van der Waals surface area contributed by atoms with Crippen molar-refractivity contribution in [3.05, 3.63) is 41.1 Å². The van der Waals surface area contributed by atoms with Crippen LogP contribution in [0, 0.1) is 17.3 Å². The molecule has 1 aliphatic heterocycles. The normalized spacial score (nSPS) is 18.9. The molecular formula is C27H34N2O5. The standard InChI is InChI=1S/C27H34N2O5/c1-27(2,3)18-9-10-22-20(15-18)24(19-7-5-6-8-21(19)28-22)26(32)34-16-23(30)29-13-11-17(12-14-29)25(31)33-4/h5-8,17-18H,9-16H2,1-4H3. The fraction of sp³-hybridized carbons (Fsp3) is 0.556. The van der Waals surface area contributed by atoms with Crippen LogP contribution in [0.25, 0.3) is 10.9 Å². The molecule has 1 aliphatic carbocycles. The van der Waals surface area contributed by atoms with E-state index in [0.717, 1.165) is 41.4 Å². The third-order valence-corrected chi connectivity index (χ3v) is 7.40. The van der Waals surface area contributed by atoms with Crippen LogP contribution in [-0.4, -0.2) is 54.5 Å². The molecule has 1 fully saturated rings. The van der Waals surface area contributed by atoms with Crippen LogP contribution in [0.5, 0.6) is 0 Å². The van der Waals surface area contributed by atoms with Gasteiger partial charge in [-0.1, -0.05) is 39.0 Å². The van der Waals surface area contributed by atoms with Crippen molar-refractivity contribution in [1.29, 1.82) is 0 Å². The second-order valence-corrected chi connectivity index (χ2v) is 10.5. The number of nitrogens with zero attached hydrogens (tertiary/aromatic N) is 2. The highest BCUT2D eigenvalue weighted by atomic mass is 16.5. The molecule has 0 bridgehead atoms. The molecule has 1 atom stereocenters. The molecule has 0 spiro atoms. The molecule has 7 nitrogen and oxygen atoms in total. The van der Waals surface area contributed by atoms with Gasteiger partial charge in [0.2, 0.25) is 0 Å². The number of aryl methyl sites for hydroxylation is 1. The van der Waals surface area contributed by atoms with Crippen molar-refractivity contribution in [2.45, 2.75) is 52.9 Å². The summed E-state index contributed by atoms with van der Waals surface area (Å²) in [4.78, 5) is 44.3. The first-order valence-corrected chi connectivity index (χ1v) is 12.1. The molecule has 2 aromatic rings. The number of aromatic nitrogens is 1. The second-order valence-electron chi connectivity index (χ2n) is 10.5. The van der Waals surface area contributed by atoms with E-state index in [2.05, 4.69) is 20.8 Å². The van der Waals surface area contributed by atoms with Gasteiger partial charge < -0.3 is 14.4 Å². The van der Waals surface area contributed by atoms with Crippen LogP contribution in [0.1, 0.15) is 61.6 Å². The average molecular weight is 467 g/mol. The lowest BCUT2D eigenvalue weighted by Gasteiger charge is -2.35. The topological polar surface area (TPSA) is 85.8 Å². The first-order valence-electron chi connectivity index (χ1n) is 12.1. The van der Waals surface area contributed by atoms with Gasteiger partial charge in [0.15, 0.2) is 6.61 Å². The number of ether oxygens (including phenoxy) is 2. The summed E-state index contributed by atoms with van der Waals surface area (Å²) in [5.41, 5.74) is 3.37. The predicted molar refractivity (Wildman–Crippen MR) is 128 cm³/mol. The summed E-state index contributed by atoms with van der Waals surface area (Å²) in [6.07, 6.45) is 3.76. The van der Waals surface area contributed by atoms with Gasteiger partial charge in [-0.25, -0.2) is 4.79 Å². The molecule has 34 heavy (non-hydrogen) atoms. The van der Waals surface area contributed by atoms with Crippen molar-refractivity contribution in [2.75, 3.05) is 26.8 Å². The van der Waals surface area contributed by atoms with Crippen LogP contribution in [0.3, 0.4) is 0 Å². The van der Waals surface area contributed by atoms with Crippen molar-refractivity contribution in [1.82, 2.24) is 9.88 Å². The summed E-state index contributed by atoms with van der Waals surface area (Å²) in [7, 11) is 1.38. The molecule has 0 N–H and O–H groups in total. The fourth-order valence-electron chi connectivity index (χ4n) is 5.18. The molecule has 1 amide bonds. The van der Waals surface area contributed by atoms with E-state index in [-0.39, 0.29) is 29.8 Å². The number of fused-ring (bicyclic) bond motifs is 2. The first-order chi connectivity index (χ1) is 16.2. The van der Waals surface area contributed by atoms with E-state index in [4.69, 9.17) is 14.5 Å². The average Bonchev–Trinajstić information content (AvgIpc) is 2.84. The van der Waals surface area contributed by atoms with Gasteiger partial charge >= 0.3 is 11.9 Å². The number of esters is 2. The minimum Gasteiger partial charge on any atom is -0.469 e. The monoisotopic (exact) mass is 466 g/mol. The number of rotatable bonds is 4. The highest BCUT2D eigenvalue weighted by Crippen LogP contribution is 2.39. The van der Waals surface area contributed by atoms with E-state index in [0.29, 0.717) is 37.4 Å². The summed E-state index contributed by atoms with van der Waals surface area (Å²) in [6, 6.07) is 7.63. The highest BCUT2D eigenvalue weighted by Gasteiger charge is 2.34. The Hall–Kier alpha value is -2.96. The van der Waals surface area contributed by atoms with Crippen molar-refractivity contribution >= 4 is 28.7 Å². The largest absolute Gasteiger partial charge is 0.469 e. The van der Waals surface area contributed by atoms with Crippen LogP contribution in [0.2, 0.25) is 0 Å². The van der Waals surface area contributed by atoms with Gasteiger partial charge in [0, 0.05) is 24.2 Å². The van der Waals surface area contributed by atoms with E-state index in [9.17, 15) is 14.4 Å². The summed E-state index contributed by atoms with van der Waals surface area (Å²) in [5, 5.41) is 0.771. The summed E-state index contributed by atoms with van der Waals surface area (Å²) in [6.45, 7) is 7.30. The zero-order valence-corrected chi connectivity index (χ0v) is 20.6. The predicted octanol–water partition coefficient (Wildman–Crippen LogP) is 3.95. The SMILES string of the molecule is COC(=O)C1CCN(C(=O)COC(=O)c2c3c(nc4ccccc24)CCC(C(C)(C)C)C3)CC1. The number of amides is 1. The molecule has 2 heterocycles. The van der Waals surface area contributed by atoms with Crippen LogP contribution in [0.4, 0.5) is 0 Å². The number of likely N-dealkylation sites (tertiary alicyclic amines) is 1. The van der Waals surface area contributed by atoms with Gasteiger partial charge in [0.25, 0.3) is 5.91 Å². The van der Waals surface area contributed by atoms with E-state index in [1.807, 2.05) is 24.3 Å². The Labute approximate surface area is 200 Å². The lowest BCUT2D eigenvalue weighted by atomic mass is 9.70. The summed E-state index contributed by atoms with van der Waals surface area (Å²) < 4.78 is 10.4. The van der Waals surface area contributed by atoms with Crippen LogP contribution < -0.4 is 0 Å². The minimum atomic E-state index is -0.470. The zero-order chi connectivity index (χ0) is 24.5. The number of para-hydroxylation sites is 1. The minimum absolute atomic E-state index is 0.122. The molecule has 0 radical (unpaired) electrons. The van der Waals surface area contributed by atoms with Gasteiger partial charge in [0.05, 0.1) is 24.1 Å². The van der Waals surface area contributed by atoms with E-state index < -0.39 is 5.97 Å². The molecule has 1 saturated heterocycles. The van der Waals surface area contributed by atoms with Crippen LogP contribution in [0.15, 0.2) is 24.3 Å². The molecular weight excluding hydrogens is 432 g/mol. The molecule has 1 aromatic heterocycles. The number of carbonyl (C=O) groups is 3. The van der Waals surface area contributed by atoms with Gasteiger partial charge in [0.1, 0.15) is 0 Å². The van der Waals surface area contributed by atoms with Crippen LogP contribution in [-0.2, 0) is 31.9 Å². The van der Waals surface area contributed by atoms with Crippen LogP contribution >= 0.6 is 0 Å². The Bertz CT molecular complexity index is 1100. The summed E-state index contributed by atoms with van der Waals surface area (Å²) in [5.74, 6) is -0.686. The highest BCUT2D eigenvalue weighted by molar-refractivity contribution is 6.05. The number of methoxy groups -OCH3 is 1. The number of pyridine rings is 1. The lowest BCUT2D eigenvalue weighted by Crippen LogP contribution is -2.42. The molecule has 1 aromatic carbocycles. The van der Waals surface area contributed by atoms with Gasteiger partial charge in [-0.15, -0.1) is 0 Å². The van der Waals surface area contributed by atoms with E-state index in [1.165, 1.54) is 7.11 Å². The lowest BCUT2D eigenvalue weighted by molar-refractivity contribution is -0.149. The number of benzene rings is 1. The third kappa shape index (κ3) is 4.93. The molecule has 2 aliphatic rings. The second kappa shape index (κ2) is 9.72. The maximum absolute atomic E-state index is 13.4. The smallest absolute Gasteiger partial charge is 0.339 e. The summed E-state index contributed by atoms with van der Waals surface area (Å²) >= 11 is 0. The van der Waals surface area contributed by atoms with Crippen molar-refractivity contribution in [3.63, 3.8) is 0 Å². The Morgan fingerprint density at radius 2 is 1.79 bits per heavy atom. The fourth-order valence-corrected chi connectivity index (χ4v) is 5.18. The van der Waals surface area contributed by atoms with Gasteiger partial charge in [-0.3, -0.25) is 14.6 Å². The van der Waals surface area contributed by atoms with Gasteiger partial charge in [-0.05, 0) is 55.1 Å². The molecule has 182 valence electrons. The maximum Gasteiger partial charge on any atom is 0.339 e. The molecule has 4 rings (SSSR count). The Kier molecular flexibility index (Phi) is 6.91. The van der Waals surface area contributed by atoms with Crippen molar-refractivity contribution < 1.29 is 23.9 Å². The van der Waals surface area contributed by atoms with Gasteiger partial charge in [-0.2, -0.15) is 0 Å².